The summed E-state index contributed by atoms with van der Waals surface area (Å²) in [6.07, 6.45) is 5.59. The first-order valence-electron chi connectivity index (χ1n) is 8.70. The third-order valence-corrected chi connectivity index (χ3v) is 4.90. The van der Waals surface area contributed by atoms with E-state index in [1.807, 2.05) is 29.2 Å². The number of likely N-dealkylation sites (N-methyl/N-ethyl adjacent to an activating group) is 1. The van der Waals surface area contributed by atoms with Gasteiger partial charge in [-0.25, -0.2) is 4.99 Å². The first-order chi connectivity index (χ1) is 11.9. The Morgan fingerprint density at radius 2 is 1.80 bits per heavy atom. The maximum atomic E-state index is 11.9. The molecule has 1 aliphatic carbocycles. The van der Waals surface area contributed by atoms with E-state index in [0.717, 1.165) is 36.9 Å². The molecule has 1 amide bonds. The summed E-state index contributed by atoms with van der Waals surface area (Å²) in [7, 11) is 3.52. The predicted molar refractivity (Wildman–Crippen MR) is 100 cm³/mol. The lowest BCUT2D eigenvalue weighted by molar-refractivity contribution is -0.127. The van der Waals surface area contributed by atoms with E-state index < -0.39 is 5.66 Å². The molecule has 1 fully saturated rings. The van der Waals surface area contributed by atoms with Gasteiger partial charge in [-0.15, -0.1) is 0 Å². The van der Waals surface area contributed by atoms with Crippen molar-refractivity contribution in [1.29, 1.82) is 0 Å². The van der Waals surface area contributed by atoms with Crippen LogP contribution < -0.4 is 16.4 Å². The van der Waals surface area contributed by atoms with Gasteiger partial charge in [0.2, 0.25) is 17.8 Å². The van der Waals surface area contributed by atoms with Crippen LogP contribution in [-0.4, -0.2) is 42.5 Å². The van der Waals surface area contributed by atoms with Crippen molar-refractivity contribution in [2.75, 3.05) is 19.0 Å². The Morgan fingerprint density at radius 3 is 2.40 bits per heavy atom. The minimum Gasteiger partial charge on any atom is -0.369 e. The van der Waals surface area contributed by atoms with Crippen molar-refractivity contribution in [3.63, 3.8) is 0 Å². The number of aliphatic imine (C=N–C) groups is 2. The Labute approximate surface area is 148 Å². The SMILES string of the molecule is CN(C)C(=O)Cc1ccc(N2C(N)=NC(N)=NC23CCCCC3)cc1. The molecule has 134 valence electrons. The number of nitrogens with zero attached hydrogens (tertiary/aromatic N) is 4. The summed E-state index contributed by atoms with van der Waals surface area (Å²) in [6, 6.07) is 7.88. The summed E-state index contributed by atoms with van der Waals surface area (Å²) in [5.74, 6) is 0.711. The van der Waals surface area contributed by atoms with Gasteiger partial charge in [-0.2, -0.15) is 4.99 Å². The van der Waals surface area contributed by atoms with E-state index in [1.54, 1.807) is 19.0 Å². The summed E-state index contributed by atoms with van der Waals surface area (Å²) < 4.78 is 0. The molecular weight excluding hydrogens is 316 g/mol. The van der Waals surface area contributed by atoms with Crippen LogP contribution in [-0.2, 0) is 11.2 Å². The molecule has 7 heteroatoms. The number of hydrogen-bond donors (Lipinski definition) is 2. The van der Waals surface area contributed by atoms with Crippen LogP contribution in [0.4, 0.5) is 5.69 Å². The fourth-order valence-corrected chi connectivity index (χ4v) is 3.59. The number of hydrogen-bond acceptors (Lipinski definition) is 6. The number of rotatable bonds is 3. The van der Waals surface area contributed by atoms with Crippen molar-refractivity contribution in [2.24, 2.45) is 21.5 Å². The van der Waals surface area contributed by atoms with E-state index in [0.29, 0.717) is 12.4 Å². The van der Waals surface area contributed by atoms with Gasteiger partial charge in [0.25, 0.3) is 0 Å². The van der Waals surface area contributed by atoms with Gasteiger partial charge in [-0.3, -0.25) is 9.69 Å². The van der Waals surface area contributed by atoms with E-state index >= 15 is 0 Å². The van der Waals surface area contributed by atoms with Crippen molar-refractivity contribution < 1.29 is 4.79 Å². The van der Waals surface area contributed by atoms with Crippen molar-refractivity contribution in [1.82, 2.24) is 4.90 Å². The number of anilines is 1. The highest BCUT2D eigenvalue weighted by Gasteiger charge is 2.42. The lowest BCUT2D eigenvalue weighted by Gasteiger charge is -2.45. The van der Waals surface area contributed by atoms with Gasteiger partial charge in [-0.1, -0.05) is 18.6 Å². The maximum Gasteiger partial charge on any atom is 0.226 e. The molecule has 1 aromatic rings. The highest BCUT2D eigenvalue weighted by molar-refractivity contribution is 6.05. The van der Waals surface area contributed by atoms with Crippen LogP contribution in [0.2, 0.25) is 0 Å². The van der Waals surface area contributed by atoms with Gasteiger partial charge in [-0.05, 0) is 43.4 Å². The topological polar surface area (TPSA) is 100 Å². The molecule has 0 atom stereocenters. The molecule has 0 bridgehead atoms. The molecule has 0 aromatic heterocycles. The molecule has 4 N–H and O–H groups in total. The van der Waals surface area contributed by atoms with Gasteiger partial charge in [0.05, 0.1) is 6.42 Å². The van der Waals surface area contributed by atoms with Crippen LogP contribution in [0.25, 0.3) is 0 Å². The smallest absolute Gasteiger partial charge is 0.226 e. The number of benzene rings is 1. The van der Waals surface area contributed by atoms with E-state index in [9.17, 15) is 4.79 Å². The third-order valence-electron chi connectivity index (χ3n) is 4.90. The Bertz CT molecular complexity index is 701. The fourth-order valence-electron chi connectivity index (χ4n) is 3.59. The molecule has 0 unspecified atom stereocenters. The second-order valence-electron chi connectivity index (χ2n) is 6.95. The van der Waals surface area contributed by atoms with E-state index in [1.165, 1.54) is 6.42 Å². The van der Waals surface area contributed by atoms with Crippen molar-refractivity contribution in [3.8, 4) is 0 Å². The van der Waals surface area contributed by atoms with Crippen LogP contribution in [0.5, 0.6) is 0 Å². The maximum absolute atomic E-state index is 11.9. The standard InChI is InChI=1S/C18H26N6O/c1-23(2)15(25)12-13-6-8-14(9-7-13)24-17(20)21-16(19)22-18(24)10-4-3-5-11-18/h6-9H,3-5,10-12H2,1-2H3,(H4,19,20,21,22). The highest BCUT2D eigenvalue weighted by atomic mass is 16.2. The quantitative estimate of drug-likeness (QED) is 0.867. The zero-order chi connectivity index (χ0) is 18.0. The monoisotopic (exact) mass is 342 g/mol. The van der Waals surface area contributed by atoms with E-state index in [-0.39, 0.29) is 11.9 Å². The van der Waals surface area contributed by atoms with Crippen molar-refractivity contribution >= 4 is 23.5 Å². The van der Waals surface area contributed by atoms with Gasteiger partial charge >= 0.3 is 0 Å². The lowest BCUT2D eigenvalue weighted by Crippen LogP contribution is -2.58. The Kier molecular flexibility index (Phi) is 4.65. The van der Waals surface area contributed by atoms with Gasteiger partial charge in [0, 0.05) is 19.8 Å². The van der Waals surface area contributed by atoms with Crippen LogP contribution >= 0.6 is 0 Å². The Hall–Kier alpha value is -2.57. The molecule has 1 spiro atoms. The Morgan fingerprint density at radius 1 is 1.16 bits per heavy atom. The third kappa shape index (κ3) is 3.45. The van der Waals surface area contributed by atoms with Crippen molar-refractivity contribution in [3.05, 3.63) is 29.8 Å². The summed E-state index contributed by atoms with van der Waals surface area (Å²) in [6.45, 7) is 0. The van der Waals surface area contributed by atoms with E-state index in [4.69, 9.17) is 11.5 Å². The molecule has 0 saturated heterocycles. The van der Waals surface area contributed by atoms with E-state index in [2.05, 4.69) is 9.98 Å². The van der Waals surface area contributed by atoms with Crippen LogP contribution in [0, 0.1) is 0 Å². The summed E-state index contributed by atoms with van der Waals surface area (Å²) >= 11 is 0. The molecular formula is C18H26N6O. The zero-order valence-electron chi connectivity index (χ0n) is 14.9. The highest BCUT2D eigenvalue weighted by Crippen LogP contribution is 2.39. The molecule has 7 nitrogen and oxygen atoms in total. The van der Waals surface area contributed by atoms with Gasteiger partial charge < -0.3 is 16.4 Å². The summed E-state index contributed by atoms with van der Waals surface area (Å²) in [4.78, 5) is 24.3. The second kappa shape index (κ2) is 6.74. The molecule has 25 heavy (non-hydrogen) atoms. The first-order valence-corrected chi connectivity index (χ1v) is 8.70. The number of carbonyl (C=O) groups is 1. The second-order valence-corrected chi connectivity index (χ2v) is 6.95. The first kappa shape index (κ1) is 17.3. The normalized spacial score (nSPS) is 19.4. The molecule has 1 aromatic carbocycles. The molecule has 2 aliphatic rings. The number of carbonyl (C=O) groups excluding carboxylic acids is 1. The molecule has 1 aliphatic heterocycles. The molecule has 0 radical (unpaired) electrons. The summed E-state index contributed by atoms with van der Waals surface area (Å²) in [5.41, 5.74) is 13.6. The lowest BCUT2D eigenvalue weighted by atomic mass is 9.87. The van der Waals surface area contributed by atoms with Crippen LogP contribution in [0.15, 0.2) is 34.3 Å². The number of amides is 1. The predicted octanol–water partition coefficient (Wildman–Crippen LogP) is 1.43. The molecule has 1 saturated carbocycles. The fraction of sp³-hybridized carbons (Fsp3) is 0.500. The van der Waals surface area contributed by atoms with Gasteiger partial charge in [0.15, 0.2) is 0 Å². The van der Waals surface area contributed by atoms with Crippen molar-refractivity contribution in [2.45, 2.75) is 44.2 Å². The van der Waals surface area contributed by atoms with Gasteiger partial charge in [0.1, 0.15) is 5.66 Å². The van der Waals surface area contributed by atoms with Crippen LogP contribution in [0.3, 0.4) is 0 Å². The molecule has 3 rings (SSSR count). The number of nitrogens with two attached hydrogens (primary N) is 2. The minimum atomic E-state index is -0.435. The minimum absolute atomic E-state index is 0.0768. The van der Waals surface area contributed by atoms with Crippen LogP contribution in [0.1, 0.15) is 37.7 Å². The average Bonchev–Trinajstić information content (AvgIpc) is 2.56. The largest absolute Gasteiger partial charge is 0.369 e. The average molecular weight is 342 g/mol. The molecule has 1 heterocycles. The zero-order valence-corrected chi connectivity index (χ0v) is 14.9. The Balaban J connectivity index is 1.88. The summed E-state index contributed by atoms with van der Waals surface area (Å²) in [5, 5.41) is 0. The number of guanidine groups is 2.